The molecule has 4 aliphatic rings. The predicted octanol–water partition coefficient (Wildman–Crippen LogP) is 5.67. The summed E-state index contributed by atoms with van der Waals surface area (Å²) in [5.41, 5.74) is 3.40. The van der Waals surface area contributed by atoms with Crippen molar-refractivity contribution in [3.05, 3.63) is 70.3 Å². The predicted molar refractivity (Wildman–Crippen MR) is 172 cm³/mol. The maximum Gasteiger partial charge on any atom is 0.264 e. The number of aryl methyl sites for hydroxylation is 1. The third-order valence-corrected chi connectivity index (χ3v) is 12.5. The van der Waals surface area contributed by atoms with E-state index in [-0.39, 0.29) is 17.1 Å². The quantitative estimate of drug-likeness (QED) is 0.432. The molecule has 8 nitrogen and oxygen atoms in total. The summed E-state index contributed by atoms with van der Waals surface area (Å²) in [7, 11) is -0.778. The van der Waals surface area contributed by atoms with E-state index in [2.05, 4.69) is 27.8 Å². The minimum absolute atomic E-state index is 0.0870. The van der Waals surface area contributed by atoms with Gasteiger partial charge in [0, 0.05) is 43.3 Å². The average Bonchev–Trinajstić information content (AvgIpc) is 3.14. The highest BCUT2D eigenvalue weighted by Crippen LogP contribution is 2.47. The molecule has 0 aromatic heterocycles. The van der Waals surface area contributed by atoms with E-state index in [1.807, 2.05) is 18.2 Å². The van der Waals surface area contributed by atoms with Gasteiger partial charge in [-0.15, -0.1) is 0 Å². The van der Waals surface area contributed by atoms with Gasteiger partial charge in [-0.3, -0.25) is 4.79 Å². The molecule has 1 saturated carbocycles. The van der Waals surface area contributed by atoms with E-state index in [0.29, 0.717) is 37.0 Å². The van der Waals surface area contributed by atoms with Crippen molar-refractivity contribution in [3.8, 4) is 5.75 Å². The van der Waals surface area contributed by atoms with Crippen LogP contribution in [0.15, 0.2) is 48.6 Å². The fourth-order valence-electron chi connectivity index (χ4n) is 7.88. The maximum atomic E-state index is 13.5. The third-order valence-electron chi connectivity index (χ3n) is 10.4. The van der Waals surface area contributed by atoms with Gasteiger partial charge >= 0.3 is 0 Å². The van der Waals surface area contributed by atoms with Gasteiger partial charge in [-0.05, 0) is 98.2 Å². The van der Waals surface area contributed by atoms with Crippen LogP contribution in [-0.2, 0) is 31.3 Å². The van der Waals surface area contributed by atoms with Crippen LogP contribution in [-0.4, -0.2) is 65.7 Å². The lowest BCUT2D eigenvalue weighted by molar-refractivity contribution is 0.0129. The number of benzene rings is 2. The van der Waals surface area contributed by atoms with Crippen molar-refractivity contribution in [1.29, 1.82) is 0 Å². The van der Waals surface area contributed by atoms with Crippen molar-refractivity contribution >= 4 is 33.2 Å². The second kappa shape index (κ2) is 12.7. The Morgan fingerprint density at radius 3 is 2.70 bits per heavy atom. The molecular weight excluding hydrogens is 600 g/mol. The molecule has 2 heterocycles. The van der Waals surface area contributed by atoms with Crippen molar-refractivity contribution in [2.75, 3.05) is 38.8 Å². The number of sulfonamides is 1. The second-order valence-electron chi connectivity index (χ2n) is 12.8. The summed E-state index contributed by atoms with van der Waals surface area (Å²) in [5.74, 6) is 0.756. The zero-order chi connectivity index (χ0) is 31.1. The first-order chi connectivity index (χ1) is 21.2. The molecule has 4 unspecified atom stereocenters. The fourth-order valence-corrected chi connectivity index (χ4v) is 9.66. The van der Waals surface area contributed by atoms with E-state index in [1.165, 1.54) is 18.2 Å². The standard InChI is InChI=1S/C34H43ClN2O6S/c1-4-32-31(42-3)9-5-8-29(41-2)26-13-10-24(26)19-37-20-34(16-6-7-22-17-25(35)12-14-27(22)34)21-43-30-15-11-23(18-28(30)37)33(38)36-44(32,39)40/h5,8,11-12,14-15,17-18,24,26,29,31-32H,4,6-7,9-10,13,16,19-21H2,1-3H3,(H,36,38)/b8-5+/t24?,26?,29?,31-,32-,34?/m1/s1. The molecule has 2 bridgehead atoms. The van der Waals surface area contributed by atoms with Crippen LogP contribution < -0.4 is 14.4 Å². The number of anilines is 1. The lowest BCUT2D eigenvalue weighted by atomic mass is 9.68. The molecule has 1 N–H and O–H groups in total. The Morgan fingerprint density at radius 1 is 1.14 bits per heavy atom. The Labute approximate surface area is 266 Å². The van der Waals surface area contributed by atoms with Gasteiger partial charge in [0.25, 0.3) is 5.91 Å². The molecule has 238 valence electrons. The first-order valence-corrected chi connectivity index (χ1v) is 17.7. The number of halogens is 1. The number of fused-ring (bicyclic) bond motifs is 4. The van der Waals surface area contributed by atoms with Crippen LogP contribution in [0.5, 0.6) is 5.75 Å². The molecule has 2 aromatic rings. The zero-order valence-electron chi connectivity index (χ0n) is 25.8. The highest BCUT2D eigenvalue weighted by molar-refractivity contribution is 7.90. The number of methoxy groups -OCH3 is 2. The average molecular weight is 643 g/mol. The summed E-state index contributed by atoms with van der Waals surface area (Å²) < 4.78 is 47.6. The molecule has 2 aliphatic carbocycles. The molecule has 0 radical (unpaired) electrons. The summed E-state index contributed by atoms with van der Waals surface area (Å²) in [4.78, 5) is 15.9. The third kappa shape index (κ3) is 5.88. The molecule has 2 aromatic carbocycles. The van der Waals surface area contributed by atoms with Crippen molar-refractivity contribution in [2.24, 2.45) is 11.8 Å². The summed E-state index contributed by atoms with van der Waals surface area (Å²) in [6, 6.07) is 11.5. The fraction of sp³-hybridized carbons (Fsp3) is 0.559. The van der Waals surface area contributed by atoms with Gasteiger partial charge < -0.3 is 19.1 Å². The first-order valence-electron chi connectivity index (χ1n) is 15.8. The zero-order valence-corrected chi connectivity index (χ0v) is 27.3. The molecule has 2 aliphatic heterocycles. The van der Waals surface area contributed by atoms with E-state index < -0.39 is 27.3 Å². The number of carbonyl (C=O) groups is 1. The van der Waals surface area contributed by atoms with E-state index >= 15 is 0 Å². The van der Waals surface area contributed by atoms with E-state index in [1.54, 1.807) is 26.2 Å². The largest absolute Gasteiger partial charge is 0.490 e. The van der Waals surface area contributed by atoms with Crippen molar-refractivity contribution < 1.29 is 27.4 Å². The molecule has 1 amide bonds. The van der Waals surface area contributed by atoms with Gasteiger partial charge in [-0.25, -0.2) is 13.1 Å². The topological polar surface area (TPSA) is 94.2 Å². The monoisotopic (exact) mass is 642 g/mol. The molecule has 1 fully saturated rings. The maximum absolute atomic E-state index is 13.5. The Morgan fingerprint density at radius 2 is 1.98 bits per heavy atom. The second-order valence-corrected chi connectivity index (χ2v) is 15.2. The number of carbonyl (C=O) groups excluding carboxylic acids is 1. The number of nitrogens with one attached hydrogen (secondary N) is 1. The van der Waals surface area contributed by atoms with Gasteiger partial charge in [0.05, 0.1) is 24.5 Å². The van der Waals surface area contributed by atoms with Gasteiger partial charge in [-0.1, -0.05) is 36.7 Å². The van der Waals surface area contributed by atoms with Crippen LogP contribution in [0, 0.1) is 11.8 Å². The molecule has 0 saturated heterocycles. The van der Waals surface area contributed by atoms with Crippen molar-refractivity contribution in [1.82, 2.24) is 4.72 Å². The van der Waals surface area contributed by atoms with Crippen LogP contribution in [0.2, 0.25) is 5.02 Å². The SMILES string of the molecule is CC[C@@H]1[C@H](OC)C/C=C/C(OC)C2CCC2CN2CC3(CCCc4cc(Cl)ccc43)COc3ccc(cc32)C(=O)NS1(=O)=O. The smallest absolute Gasteiger partial charge is 0.264 e. The number of nitrogens with zero attached hydrogens (tertiary/aromatic N) is 1. The molecular formula is C34H43ClN2O6S. The van der Waals surface area contributed by atoms with Crippen LogP contribution in [0.1, 0.15) is 66.9 Å². The van der Waals surface area contributed by atoms with Crippen LogP contribution in [0.3, 0.4) is 0 Å². The highest BCUT2D eigenvalue weighted by atomic mass is 35.5. The normalized spacial score (nSPS) is 32.3. The number of rotatable bonds is 3. The lowest BCUT2D eigenvalue weighted by Crippen LogP contribution is -2.49. The summed E-state index contributed by atoms with van der Waals surface area (Å²) in [5, 5.41) is -0.154. The first kappa shape index (κ1) is 31.4. The van der Waals surface area contributed by atoms with Crippen LogP contribution in [0.4, 0.5) is 5.69 Å². The van der Waals surface area contributed by atoms with E-state index in [9.17, 15) is 13.2 Å². The molecule has 44 heavy (non-hydrogen) atoms. The van der Waals surface area contributed by atoms with Gasteiger partial charge in [0.15, 0.2) is 0 Å². The van der Waals surface area contributed by atoms with Crippen LogP contribution >= 0.6 is 11.6 Å². The van der Waals surface area contributed by atoms with Gasteiger partial charge in [0.1, 0.15) is 11.0 Å². The molecule has 1 spiro atoms. The van der Waals surface area contributed by atoms with Gasteiger partial charge in [-0.2, -0.15) is 0 Å². The molecule has 10 heteroatoms. The van der Waals surface area contributed by atoms with Crippen molar-refractivity contribution in [2.45, 2.75) is 74.7 Å². The highest BCUT2D eigenvalue weighted by Gasteiger charge is 2.44. The summed E-state index contributed by atoms with van der Waals surface area (Å²) in [6.45, 7) is 3.81. The van der Waals surface area contributed by atoms with Crippen LogP contribution in [0.25, 0.3) is 0 Å². The Balaban J connectivity index is 1.43. The summed E-state index contributed by atoms with van der Waals surface area (Å²) >= 11 is 6.41. The Kier molecular flexibility index (Phi) is 9.03. The van der Waals surface area contributed by atoms with Crippen molar-refractivity contribution in [3.63, 3.8) is 0 Å². The Hall–Kier alpha value is -2.59. The minimum Gasteiger partial charge on any atom is -0.490 e. The van der Waals surface area contributed by atoms with E-state index in [0.717, 1.165) is 55.9 Å². The molecule has 6 atom stereocenters. The van der Waals surface area contributed by atoms with E-state index in [4.69, 9.17) is 25.8 Å². The lowest BCUT2D eigenvalue weighted by Gasteiger charge is -2.46. The number of hydrogen-bond donors (Lipinski definition) is 1. The summed E-state index contributed by atoms with van der Waals surface area (Å²) in [6.07, 6.45) is 9.18. The number of amides is 1. The number of ether oxygens (including phenoxy) is 3. The number of hydrogen-bond acceptors (Lipinski definition) is 7. The Bertz CT molecular complexity index is 1530. The minimum atomic E-state index is -4.03. The molecule has 6 rings (SSSR count). The van der Waals surface area contributed by atoms with Gasteiger partial charge in [0.2, 0.25) is 10.0 Å².